The van der Waals surface area contributed by atoms with Crippen LogP contribution in [-0.2, 0) is 9.53 Å². The molecule has 0 aromatic rings. The molecule has 1 N–H and O–H groups in total. The number of carbonyl (C=O) groups is 1. The van der Waals surface area contributed by atoms with Gasteiger partial charge in [0.25, 0.3) is 0 Å². The number of fused-ring (bicyclic) bond motifs is 5. The van der Waals surface area contributed by atoms with Gasteiger partial charge in [-0.2, -0.15) is 0 Å². The molecular weight excluding hydrogens is 476 g/mol. The molecule has 0 bridgehead atoms. The Bertz CT molecular complexity index is 724. The van der Waals surface area contributed by atoms with Crippen LogP contribution in [0.25, 0.3) is 0 Å². The van der Waals surface area contributed by atoms with Gasteiger partial charge in [0.2, 0.25) is 0 Å². The summed E-state index contributed by atoms with van der Waals surface area (Å²) in [6.07, 6.45) is 12.6. The number of ether oxygens (including phenoxy) is 1. The molecule has 33 heavy (non-hydrogen) atoms. The van der Waals surface area contributed by atoms with E-state index in [0.717, 1.165) is 49.4 Å². The molecule has 4 fully saturated rings. The van der Waals surface area contributed by atoms with Crippen molar-refractivity contribution in [2.24, 2.45) is 46.3 Å². The third-order valence-corrected chi connectivity index (χ3v) is 13.0. The normalized spacial score (nSPS) is 48.0. The summed E-state index contributed by atoms with van der Waals surface area (Å²) in [5.74, 6) is 4.31. The number of aliphatic hydroxyl groups excluding tert-OH is 1. The van der Waals surface area contributed by atoms with Gasteiger partial charge in [0.05, 0.1) is 10.4 Å². The van der Waals surface area contributed by atoms with E-state index in [4.69, 9.17) is 4.74 Å². The molecule has 0 spiro atoms. The number of carbonyl (C=O) groups excluding carboxylic acids is 1. The molecule has 4 rings (SSSR count). The van der Waals surface area contributed by atoms with Gasteiger partial charge in [0.1, 0.15) is 6.10 Å². The number of esters is 1. The van der Waals surface area contributed by atoms with Gasteiger partial charge < -0.3 is 9.84 Å². The zero-order valence-electron chi connectivity index (χ0n) is 22.0. The largest absolute Gasteiger partial charge is 0.463 e. The van der Waals surface area contributed by atoms with Crippen molar-refractivity contribution < 1.29 is 14.6 Å². The molecule has 0 aromatic heterocycles. The van der Waals surface area contributed by atoms with Crippen LogP contribution in [0.15, 0.2) is 0 Å². The molecule has 0 radical (unpaired) electrons. The molecular formula is C29H49BrO3. The average molecular weight is 526 g/mol. The molecule has 0 heterocycles. The Morgan fingerprint density at radius 3 is 2.45 bits per heavy atom. The topological polar surface area (TPSA) is 46.5 Å². The molecule has 4 heteroatoms. The van der Waals surface area contributed by atoms with Gasteiger partial charge in [-0.25, -0.2) is 0 Å². The zero-order valence-corrected chi connectivity index (χ0v) is 23.6. The van der Waals surface area contributed by atoms with Crippen LogP contribution in [0.4, 0.5) is 0 Å². The number of rotatable bonds is 6. The Kier molecular flexibility index (Phi) is 7.41. The van der Waals surface area contributed by atoms with Crippen molar-refractivity contribution >= 4 is 21.9 Å². The van der Waals surface area contributed by atoms with Gasteiger partial charge in [-0.05, 0) is 91.3 Å². The highest BCUT2D eigenvalue weighted by Gasteiger charge is 2.67. The van der Waals surface area contributed by atoms with Crippen LogP contribution in [0, 0.1) is 46.3 Å². The van der Waals surface area contributed by atoms with E-state index in [1.165, 1.54) is 51.9 Å². The molecule has 3 nitrogen and oxygen atoms in total. The van der Waals surface area contributed by atoms with Gasteiger partial charge in [-0.15, -0.1) is 0 Å². The van der Waals surface area contributed by atoms with E-state index in [0.29, 0.717) is 17.3 Å². The summed E-state index contributed by atoms with van der Waals surface area (Å²) >= 11 is 4.11. The van der Waals surface area contributed by atoms with Crippen molar-refractivity contribution in [1.82, 2.24) is 0 Å². The van der Waals surface area contributed by atoms with Gasteiger partial charge in [-0.1, -0.05) is 69.8 Å². The number of aliphatic hydroxyl groups is 1. The Labute approximate surface area is 211 Å². The van der Waals surface area contributed by atoms with Crippen molar-refractivity contribution in [2.45, 2.75) is 129 Å². The van der Waals surface area contributed by atoms with Crippen LogP contribution in [0.3, 0.4) is 0 Å². The lowest BCUT2D eigenvalue weighted by Gasteiger charge is -2.65. The molecule has 0 saturated heterocycles. The Morgan fingerprint density at radius 2 is 1.79 bits per heavy atom. The highest BCUT2D eigenvalue weighted by atomic mass is 79.9. The summed E-state index contributed by atoms with van der Waals surface area (Å²) in [6, 6.07) is 0. The number of hydrogen-bond donors (Lipinski definition) is 1. The molecule has 1 unspecified atom stereocenters. The fourth-order valence-electron chi connectivity index (χ4n) is 9.56. The maximum absolute atomic E-state index is 11.6. The first-order valence-corrected chi connectivity index (χ1v) is 14.8. The first kappa shape index (κ1) is 26.0. The Hall–Kier alpha value is -0.0900. The SMILES string of the molecule is CC(=O)O[C@@H]1CC[C@]2(C)[C@H]3CC[C@]4(C)C([C@H](C)CCCC(C)C)CC[C@H]4[C@@H]3C[C@@H](O)[C@@]2(Br)C1. The summed E-state index contributed by atoms with van der Waals surface area (Å²) in [5.41, 5.74) is 0.504. The number of halogens is 1. The third-order valence-electron chi connectivity index (χ3n) is 11.3. The highest BCUT2D eigenvalue weighted by molar-refractivity contribution is 9.10. The van der Waals surface area contributed by atoms with Gasteiger partial charge in [0.15, 0.2) is 0 Å². The molecule has 0 amide bonds. The first-order chi connectivity index (χ1) is 15.4. The molecule has 0 aromatic carbocycles. The minimum absolute atomic E-state index is 0.0638. The van der Waals surface area contributed by atoms with Crippen LogP contribution >= 0.6 is 15.9 Å². The Balaban J connectivity index is 1.51. The van der Waals surface area contributed by atoms with Crippen molar-refractivity contribution in [2.75, 3.05) is 0 Å². The van der Waals surface area contributed by atoms with E-state index in [2.05, 4.69) is 50.5 Å². The summed E-state index contributed by atoms with van der Waals surface area (Å²) in [4.78, 5) is 11.6. The second-order valence-corrected chi connectivity index (χ2v) is 14.8. The fourth-order valence-corrected chi connectivity index (χ4v) is 10.6. The van der Waals surface area contributed by atoms with Gasteiger partial charge in [-0.3, -0.25) is 4.79 Å². The summed E-state index contributed by atoms with van der Waals surface area (Å²) in [7, 11) is 0. The van der Waals surface area contributed by atoms with Crippen LogP contribution in [0.5, 0.6) is 0 Å². The predicted molar refractivity (Wildman–Crippen MR) is 138 cm³/mol. The van der Waals surface area contributed by atoms with Crippen LogP contribution < -0.4 is 0 Å². The van der Waals surface area contributed by atoms with E-state index >= 15 is 0 Å². The second kappa shape index (κ2) is 9.41. The van der Waals surface area contributed by atoms with Crippen LogP contribution in [-0.4, -0.2) is 27.6 Å². The molecule has 4 saturated carbocycles. The predicted octanol–water partition coefficient (Wildman–Crippen LogP) is 7.53. The zero-order chi connectivity index (χ0) is 24.2. The maximum atomic E-state index is 11.6. The van der Waals surface area contributed by atoms with Crippen molar-refractivity contribution in [1.29, 1.82) is 0 Å². The summed E-state index contributed by atoms with van der Waals surface area (Å²) < 4.78 is 5.29. The second-order valence-electron chi connectivity index (χ2n) is 13.4. The standard InChI is InChI=1S/C29H49BrO3/c1-18(2)8-7-9-19(3)23-10-11-24-22-16-26(32)29(30)17-21(33-20(4)31)12-15-28(29,6)25(22)13-14-27(23,24)5/h18-19,21-26,32H,7-17H2,1-6H3/t19-,21-,22+,23?,24+,25+,26-,27-,28-,29+/m1/s1. The summed E-state index contributed by atoms with van der Waals surface area (Å²) in [5, 5.41) is 11.6. The van der Waals surface area contributed by atoms with Gasteiger partial charge >= 0.3 is 5.97 Å². The third kappa shape index (κ3) is 4.36. The van der Waals surface area contributed by atoms with E-state index in [1.54, 1.807) is 0 Å². The quantitative estimate of drug-likeness (QED) is 0.288. The van der Waals surface area contributed by atoms with Crippen molar-refractivity contribution in [3.05, 3.63) is 0 Å². The molecule has 4 aliphatic carbocycles. The smallest absolute Gasteiger partial charge is 0.302 e. The molecule has 4 aliphatic rings. The highest BCUT2D eigenvalue weighted by Crippen LogP contribution is 2.70. The lowest BCUT2D eigenvalue weighted by atomic mass is 9.43. The van der Waals surface area contributed by atoms with E-state index < -0.39 is 0 Å². The lowest BCUT2D eigenvalue weighted by Crippen LogP contribution is -2.66. The van der Waals surface area contributed by atoms with E-state index in [9.17, 15) is 9.90 Å². The maximum Gasteiger partial charge on any atom is 0.302 e. The minimum Gasteiger partial charge on any atom is -0.463 e. The minimum atomic E-state index is -0.369. The van der Waals surface area contributed by atoms with Crippen molar-refractivity contribution in [3.63, 3.8) is 0 Å². The number of hydrogen-bond acceptors (Lipinski definition) is 3. The van der Waals surface area contributed by atoms with Crippen molar-refractivity contribution in [3.8, 4) is 0 Å². The van der Waals surface area contributed by atoms with E-state index in [1.807, 2.05) is 0 Å². The van der Waals surface area contributed by atoms with Gasteiger partial charge in [0, 0.05) is 13.3 Å². The van der Waals surface area contributed by atoms with Crippen LogP contribution in [0.1, 0.15) is 112 Å². The average Bonchev–Trinajstić information content (AvgIpc) is 3.07. The first-order valence-electron chi connectivity index (χ1n) is 14.0. The number of alkyl halides is 1. The Morgan fingerprint density at radius 1 is 1.06 bits per heavy atom. The fraction of sp³-hybridized carbons (Fsp3) is 0.966. The monoisotopic (exact) mass is 524 g/mol. The molecule has 10 atom stereocenters. The summed E-state index contributed by atoms with van der Waals surface area (Å²) in [6.45, 7) is 13.8. The molecule has 190 valence electrons. The van der Waals surface area contributed by atoms with Crippen LogP contribution in [0.2, 0.25) is 0 Å². The molecule has 0 aliphatic heterocycles. The van der Waals surface area contributed by atoms with E-state index in [-0.39, 0.29) is 27.9 Å². The lowest BCUT2D eigenvalue weighted by molar-refractivity contribution is -0.170.